The molecule has 11 nitrogen and oxygen atoms in total. The first-order valence-corrected chi connectivity index (χ1v) is 13.7. The highest BCUT2D eigenvalue weighted by Gasteiger charge is 2.55. The van der Waals surface area contributed by atoms with Crippen molar-refractivity contribution < 1.29 is 24.3 Å². The summed E-state index contributed by atoms with van der Waals surface area (Å²) in [5.41, 5.74) is 17.0. The fraction of sp³-hybridized carbons (Fsp3) is 0.607. The van der Waals surface area contributed by atoms with Crippen molar-refractivity contribution in [1.82, 2.24) is 10.6 Å². The average Bonchev–Trinajstić information content (AvgIpc) is 2.84. The lowest BCUT2D eigenvalue weighted by Crippen LogP contribution is -2.58. The molecule has 214 valence electrons. The summed E-state index contributed by atoms with van der Waals surface area (Å²) in [5, 5.41) is 13.3. The Kier molecular flexibility index (Phi) is 10.3. The number of benzene rings is 1. The minimum absolute atomic E-state index is 0.0137. The number of hydrogen-bond acceptors (Lipinski definition) is 5. The first-order chi connectivity index (χ1) is 18.5. The van der Waals surface area contributed by atoms with Crippen LogP contribution >= 0.6 is 0 Å². The van der Waals surface area contributed by atoms with Gasteiger partial charge in [-0.2, -0.15) is 0 Å². The second kappa shape index (κ2) is 13.4. The third-order valence-corrected chi connectivity index (χ3v) is 8.03. The van der Waals surface area contributed by atoms with E-state index < -0.39 is 29.9 Å². The molecule has 0 unspecified atom stereocenters. The van der Waals surface area contributed by atoms with E-state index in [9.17, 15) is 14.4 Å². The van der Waals surface area contributed by atoms with Crippen LogP contribution in [-0.2, 0) is 25.6 Å². The van der Waals surface area contributed by atoms with Gasteiger partial charge in [-0.05, 0) is 74.7 Å². The number of aliphatic carboxylic acids is 1. The normalized spacial score (nSPS) is 25.8. The third-order valence-electron chi connectivity index (χ3n) is 8.03. The summed E-state index contributed by atoms with van der Waals surface area (Å²) >= 11 is 0. The largest absolute Gasteiger partial charge is 0.481 e. The predicted molar refractivity (Wildman–Crippen MR) is 147 cm³/mol. The van der Waals surface area contributed by atoms with Crippen molar-refractivity contribution in [2.24, 2.45) is 45.4 Å². The van der Waals surface area contributed by atoms with Gasteiger partial charge in [-0.15, -0.1) is 0 Å². The third kappa shape index (κ3) is 8.69. The van der Waals surface area contributed by atoms with E-state index in [0.717, 1.165) is 31.7 Å². The molecule has 4 aliphatic carbocycles. The number of carbonyl (C=O) groups excluding carboxylic acids is 3. The Morgan fingerprint density at radius 1 is 0.949 bits per heavy atom. The van der Waals surface area contributed by atoms with Crippen LogP contribution in [0.2, 0.25) is 0 Å². The number of carboxylic acids is 1. The molecule has 9 N–H and O–H groups in total. The van der Waals surface area contributed by atoms with Crippen LogP contribution < -0.4 is 27.8 Å². The minimum Gasteiger partial charge on any atom is -0.481 e. The maximum Gasteiger partial charge on any atom is 0.300 e. The molecule has 11 heteroatoms. The van der Waals surface area contributed by atoms with Gasteiger partial charge in [-0.3, -0.25) is 24.2 Å². The summed E-state index contributed by atoms with van der Waals surface area (Å²) in [6.45, 7) is 1.43. The number of primary amides is 1. The van der Waals surface area contributed by atoms with Crippen LogP contribution in [-0.4, -0.2) is 53.4 Å². The molecule has 5 rings (SSSR count). The zero-order valence-electron chi connectivity index (χ0n) is 22.6. The van der Waals surface area contributed by atoms with Crippen LogP contribution in [0.5, 0.6) is 0 Å². The van der Waals surface area contributed by atoms with Crippen LogP contribution in [0.25, 0.3) is 0 Å². The highest BCUT2D eigenvalue weighted by atomic mass is 16.4. The minimum atomic E-state index is -0.874. The Balaban J connectivity index is 0.000000983. The maximum absolute atomic E-state index is 13.6. The molecule has 0 spiro atoms. The molecule has 4 bridgehead atoms. The summed E-state index contributed by atoms with van der Waals surface area (Å²) in [4.78, 5) is 52.0. The van der Waals surface area contributed by atoms with Crippen molar-refractivity contribution >= 4 is 29.7 Å². The average molecular weight is 543 g/mol. The molecule has 0 aromatic heterocycles. The monoisotopic (exact) mass is 542 g/mol. The Morgan fingerprint density at radius 3 is 1.97 bits per heavy atom. The molecule has 2 atom stereocenters. The van der Waals surface area contributed by atoms with Crippen molar-refractivity contribution in [3.05, 3.63) is 35.9 Å². The number of aliphatic imine (C=N–C) groups is 1. The lowest BCUT2D eigenvalue weighted by molar-refractivity contribution is -0.148. The van der Waals surface area contributed by atoms with E-state index in [1.165, 1.54) is 19.3 Å². The second-order valence-corrected chi connectivity index (χ2v) is 11.3. The maximum atomic E-state index is 13.6. The first kappa shape index (κ1) is 29.9. The van der Waals surface area contributed by atoms with Gasteiger partial charge in [-0.1, -0.05) is 30.3 Å². The zero-order valence-corrected chi connectivity index (χ0v) is 22.6. The van der Waals surface area contributed by atoms with Gasteiger partial charge in [0.05, 0.1) is 0 Å². The summed E-state index contributed by atoms with van der Waals surface area (Å²) in [6, 6.07) is 7.71. The lowest BCUT2D eigenvalue weighted by atomic mass is 9.49. The van der Waals surface area contributed by atoms with Gasteiger partial charge in [0.1, 0.15) is 12.1 Å². The second-order valence-electron chi connectivity index (χ2n) is 11.3. The molecule has 3 amide bonds. The van der Waals surface area contributed by atoms with E-state index in [1.807, 2.05) is 30.3 Å². The number of hydrogen-bond donors (Lipinski definition) is 6. The fourth-order valence-corrected chi connectivity index (χ4v) is 6.82. The van der Waals surface area contributed by atoms with E-state index in [-0.39, 0.29) is 23.7 Å². The molecule has 1 aromatic carbocycles. The van der Waals surface area contributed by atoms with Gasteiger partial charge in [0.25, 0.3) is 5.97 Å². The highest BCUT2D eigenvalue weighted by Crippen LogP contribution is 2.60. The molecular weight excluding hydrogens is 500 g/mol. The fourth-order valence-electron chi connectivity index (χ4n) is 6.82. The molecule has 4 fully saturated rings. The van der Waals surface area contributed by atoms with Gasteiger partial charge in [0, 0.05) is 25.3 Å². The molecule has 0 radical (unpaired) electrons. The molecule has 39 heavy (non-hydrogen) atoms. The number of carbonyl (C=O) groups is 4. The molecular formula is C28H42N6O5. The number of carboxylic acid groups (broad SMARTS) is 1. The molecule has 4 aliphatic rings. The summed E-state index contributed by atoms with van der Waals surface area (Å²) in [7, 11) is 0. The summed E-state index contributed by atoms with van der Waals surface area (Å²) in [5.74, 6) is -0.0531. The van der Waals surface area contributed by atoms with Crippen molar-refractivity contribution in [2.75, 3.05) is 6.54 Å². The number of amides is 3. The van der Waals surface area contributed by atoms with Crippen molar-refractivity contribution in [3.63, 3.8) is 0 Å². The van der Waals surface area contributed by atoms with E-state index in [0.29, 0.717) is 37.1 Å². The van der Waals surface area contributed by atoms with Crippen molar-refractivity contribution in [1.29, 1.82) is 0 Å². The molecule has 0 heterocycles. The smallest absolute Gasteiger partial charge is 0.300 e. The Labute approximate surface area is 229 Å². The van der Waals surface area contributed by atoms with Crippen LogP contribution in [0.4, 0.5) is 0 Å². The molecule has 4 saturated carbocycles. The zero-order chi connectivity index (χ0) is 28.6. The van der Waals surface area contributed by atoms with Crippen molar-refractivity contribution in [2.45, 2.75) is 76.8 Å². The van der Waals surface area contributed by atoms with E-state index in [4.69, 9.17) is 27.1 Å². The van der Waals surface area contributed by atoms with Crippen LogP contribution in [0.3, 0.4) is 0 Å². The Hall–Kier alpha value is -3.63. The standard InChI is InChI=1S/C26H38N6O3.C2H4O2/c27-22(33)21(12-16-5-2-1-3-6-16)31-23(34)20(7-4-8-30-25(28)29)32-24(35)26-13-17-9-18(14-26)11-19(10-17)15-26;1-2(3)4/h1-3,5-6,17-21H,4,7-15H2,(H2,27,33)(H,31,34)(H,32,35)(H4,28,29,30);1H3,(H,3,4)/t17?,18?,19?,20-,21-,26?;/m0./s1. The SMILES string of the molecule is CC(=O)O.NC(=O)[C@H](Cc1ccccc1)NC(=O)[C@H](CCCN=C(N)N)NC(=O)C12CC3CC(CC(C3)C1)C2. The highest BCUT2D eigenvalue weighted by molar-refractivity contribution is 5.93. The molecule has 1 aromatic rings. The van der Waals surface area contributed by atoms with Gasteiger partial charge in [-0.25, -0.2) is 0 Å². The molecule has 0 aliphatic heterocycles. The Morgan fingerprint density at radius 2 is 1.49 bits per heavy atom. The lowest BCUT2D eigenvalue weighted by Gasteiger charge is -2.55. The molecule has 0 saturated heterocycles. The van der Waals surface area contributed by atoms with Gasteiger partial charge < -0.3 is 32.9 Å². The van der Waals surface area contributed by atoms with Crippen molar-refractivity contribution in [3.8, 4) is 0 Å². The van der Waals surface area contributed by atoms with Crippen LogP contribution in [0.1, 0.15) is 63.9 Å². The van der Waals surface area contributed by atoms with E-state index >= 15 is 0 Å². The van der Waals surface area contributed by atoms with Crippen LogP contribution in [0, 0.1) is 23.2 Å². The summed E-state index contributed by atoms with van der Waals surface area (Å²) in [6.07, 6.45) is 7.57. The topological polar surface area (TPSA) is 203 Å². The number of nitrogens with two attached hydrogens (primary N) is 3. The number of nitrogens with zero attached hydrogens (tertiary/aromatic N) is 1. The van der Waals surface area contributed by atoms with Gasteiger partial charge in [0.2, 0.25) is 17.7 Å². The number of guanidine groups is 1. The Bertz CT molecular complexity index is 1020. The van der Waals surface area contributed by atoms with Gasteiger partial charge in [0.15, 0.2) is 5.96 Å². The van der Waals surface area contributed by atoms with E-state index in [2.05, 4.69) is 15.6 Å². The van der Waals surface area contributed by atoms with E-state index in [1.54, 1.807) is 0 Å². The first-order valence-electron chi connectivity index (χ1n) is 13.7. The summed E-state index contributed by atoms with van der Waals surface area (Å²) < 4.78 is 0. The van der Waals surface area contributed by atoms with Crippen LogP contribution in [0.15, 0.2) is 35.3 Å². The predicted octanol–water partition coefficient (Wildman–Crippen LogP) is 1.04. The number of nitrogens with one attached hydrogen (secondary N) is 2. The number of rotatable bonds is 11. The van der Waals surface area contributed by atoms with Gasteiger partial charge >= 0.3 is 0 Å². The quantitative estimate of drug-likeness (QED) is 0.136.